The number of hydrogen-bond acceptors (Lipinski definition) is 3. The molecule has 0 radical (unpaired) electrons. The molecule has 0 saturated carbocycles. The van der Waals surface area contributed by atoms with Crippen molar-refractivity contribution in [2.75, 3.05) is 7.11 Å². The third-order valence-corrected chi connectivity index (χ3v) is 4.37. The van der Waals surface area contributed by atoms with Crippen molar-refractivity contribution in [3.8, 4) is 11.4 Å². The largest absolute Gasteiger partial charge is 0.496 e. The van der Waals surface area contributed by atoms with E-state index in [4.69, 9.17) is 9.84 Å². The molecule has 1 aromatic heterocycles. The van der Waals surface area contributed by atoms with Gasteiger partial charge in [-0.1, -0.05) is 54.6 Å². The number of nitrogens with zero attached hydrogens (tertiary/aromatic N) is 2. The summed E-state index contributed by atoms with van der Waals surface area (Å²) < 4.78 is 7.11. The Kier molecular flexibility index (Phi) is 4.54. The molecule has 0 aliphatic heterocycles. The van der Waals surface area contributed by atoms with Crippen molar-refractivity contribution < 1.29 is 4.74 Å². The molecule has 4 nitrogen and oxygen atoms in total. The number of para-hydroxylation sites is 2. The fourth-order valence-electron chi connectivity index (χ4n) is 3.07. The fraction of sp³-hybridized carbons (Fsp3) is 0.0435. The van der Waals surface area contributed by atoms with Gasteiger partial charge >= 0.3 is 0 Å². The smallest absolute Gasteiger partial charge is 0.204 e. The summed E-state index contributed by atoms with van der Waals surface area (Å²) in [7, 11) is 1.65. The lowest BCUT2D eigenvalue weighted by molar-refractivity contribution is 0.414. The van der Waals surface area contributed by atoms with Gasteiger partial charge in [-0.2, -0.15) is 5.10 Å². The van der Waals surface area contributed by atoms with E-state index in [9.17, 15) is 4.79 Å². The molecule has 0 atom stereocenters. The fourth-order valence-corrected chi connectivity index (χ4v) is 3.07. The molecule has 27 heavy (non-hydrogen) atoms. The normalized spacial score (nSPS) is 11.1. The lowest BCUT2D eigenvalue weighted by atomic mass is 10.1. The summed E-state index contributed by atoms with van der Waals surface area (Å²) in [4.78, 5) is 12.7. The predicted molar refractivity (Wildman–Crippen MR) is 109 cm³/mol. The Morgan fingerprint density at radius 2 is 1.56 bits per heavy atom. The zero-order chi connectivity index (χ0) is 18.6. The minimum atomic E-state index is -0.0664. The van der Waals surface area contributed by atoms with Crippen molar-refractivity contribution in [1.29, 1.82) is 0 Å². The van der Waals surface area contributed by atoms with Crippen LogP contribution in [0.4, 0.5) is 0 Å². The first-order chi connectivity index (χ1) is 13.3. The van der Waals surface area contributed by atoms with E-state index >= 15 is 0 Å². The average molecular weight is 354 g/mol. The Morgan fingerprint density at radius 1 is 0.852 bits per heavy atom. The Labute approximate surface area is 157 Å². The Hall–Kier alpha value is -3.66. The molecule has 1 heterocycles. The van der Waals surface area contributed by atoms with E-state index in [-0.39, 0.29) is 5.43 Å². The summed E-state index contributed by atoms with van der Waals surface area (Å²) in [5.41, 5.74) is 3.02. The second-order valence-corrected chi connectivity index (χ2v) is 6.05. The minimum absolute atomic E-state index is 0.0664. The Balaban J connectivity index is 1.92. The van der Waals surface area contributed by atoms with Crippen LogP contribution < -0.4 is 10.2 Å². The highest BCUT2D eigenvalue weighted by atomic mass is 16.5. The van der Waals surface area contributed by atoms with Crippen LogP contribution in [0.1, 0.15) is 11.3 Å². The first-order valence-corrected chi connectivity index (χ1v) is 8.66. The molecule has 4 heteroatoms. The summed E-state index contributed by atoms with van der Waals surface area (Å²) in [5.74, 6) is 0.788. The van der Waals surface area contributed by atoms with Crippen LogP contribution in [0.25, 0.3) is 28.7 Å². The lowest BCUT2D eigenvalue weighted by Gasteiger charge is -2.03. The van der Waals surface area contributed by atoms with Crippen LogP contribution in [-0.2, 0) is 0 Å². The van der Waals surface area contributed by atoms with E-state index in [1.54, 1.807) is 23.9 Å². The van der Waals surface area contributed by atoms with E-state index in [1.165, 1.54) is 0 Å². The molecule has 0 spiro atoms. The molecular formula is C23H18N2O2. The minimum Gasteiger partial charge on any atom is -0.496 e. The summed E-state index contributed by atoms with van der Waals surface area (Å²) >= 11 is 0. The maximum absolute atomic E-state index is 12.7. The van der Waals surface area contributed by atoms with Gasteiger partial charge in [0.2, 0.25) is 5.43 Å². The molecule has 0 aliphatic carbocycles. The van der Waals surface area contributed by atoms with Gasteiger partial charge in [0.05, 0.1) is 18.5 Å². The topological polar surface area (TPSA) is 44.1 Å². The van der Waals surface area contributed by atoms with E-state index < -0.39 is 0 Å². The average Bonchev–Trinajstić information content (AvgIpc) is 2.97. The third kappa shape index (κ3) is 3.25. The van der Waals surface area contributed by atoms with Crippen LogP contribution in [-0.4, -0.2) is 16.9 Å². The predicted octanol–water partition coefficient (Wildman–Crippen LogP) is 4.56. The van der Waals surface area contributed by atoms with Gasteiger partial charge in [0, 0.05) is 10.9 Å². The number of methoxy groups -OCH3 is 1. The Bertz CT molecular complexity index is 1180. The molecule has 3 aromatic carbocycles. The maximum Gasteiger partial charge on any atom is 0.204 e. The molecule has 0 saturated heterocycles. The molecule has 0 fully saturated rings. The second kappa shape index (κ2) is 7.30. The molecule has 0 unspecified atom stereocenters. The number of rotatable bonds is 4. The first-order valence-electron chi connectivity index (χ1n) is 8.66. The summed E-state index contributed by atoms with van der Waals surface area (Å²) in [6.07, 6.45) is 3.87. The van der Waals surface area contributed by atoms with Gasteiger partial charge in [0.15, 0.2) is 0 Å². The van der Waals surface area contributed by atoms with Gasteiger partial charge in [-0.05, 0) is 36.4 Å². The van der Waals surface area contributed by atoms with E-state index in [0.29, 0.717) is 5.52 Å². The number of aromatic nitrogens is 2. The molecule has 0 aliphatic rings. The monoisotopic (exact) mass is 354 g/mol. The quantitative estimate of drug-likeness (QED) is 0.539. The van der Waals surface area contributed by atoms with Gasteiger partial charge in [-0.25, -0.2) is 4.68 Å². The van der Waals surface area contributed by atoms with Crippen LogP contribution in [0.5, 0.6) is 5.75 Å². The molecule has 132 valence electrons. The van der Waals surface area contributed by atoms with Crippen LogP contribution in [0, 0.1) is 0 Å². The highest BCUT2D eigenvalue weighted by Gasteiger charge is 2.12. The van der Waals surface area contributed by atoms with Crippen molar-refractivity contribution in [1.82, 2.24) is 9.78 Å². The van der Waals surface area contributed by atoms with Crippen molar-refractivity contribution >= 4 is 23.1 Å². The summed E-state index contributed by atoms with van der Waals surface area (Å²) in [6, 6.07) is 24.6. The highest BCUT2D eigenvalue weighted by Crippen LogP contribution is 2.23. The van der Waals surface area contributed by atoms with E-state index in [0.717, 1.165) is 28.1 Å². The molecule has 0 amide bonds. The number of benzene rings is 2. The summed E-state index contributed by atoms with van der Waals surface area (Å²) in [5, 5.41) is 5.51. The Morgan fingerprint density at radius 3 is 2.37 bits per heavy atom. The zero-order valence-corrected chi connectivity index (χ0v) is 14.9. The van der Waals surface area contributed by atoms with Gasteiger partial charge < -0.3 is 4.74 Å². The van der Waals surface area contributed by atoms with Crippen LogP contribution >= 0.6 is 0 Å². The van der Waals surface area contributed by atoms with Crippen LogP contribution in [0.15, 0.2) is 83.7 Å². The standard InChI is InChI=1S/C23H18N2O2/c1-27-22-14-8-5-9-17(22)15-16-20-19-12-6-7-13-21(26)23(19)25(24-20)18-10-3-2-4-11-18/h2-16H,1H3/b16-15+. The van der Waals surface area contributed by atoms with E-state index in [1.807, 2.05) is 78.9 Å². The lowest BCUT2D eigenvalue weighted by Crippen LogP contribution is -2.04. The van der Waals surface area contributed by atoms with Crippen molar-refractivity contribution in [2.45, 2.75) is 0 Å². The van der Waals surface area contributed by atoms with Gasteiger partial charge in [-0.3, -0.25) is 4.79 Å². The number of ether oxygens (including phenoxy) is 1. The van der Waals surface area contributed by atoms with Crippen LogP contribution in [0.3, 0.4) is 0 Å². The molecule has 4 aromatic rings. The first kappa shape index (κ1) is 16.8. The van der Waals surface area contributed by atoms with E-state index in [2.05, 4.69) is 0 Å². The van der Waals surface area contributed by atoms with Gasteiger partial charge in [0.25, 0.3) is 0 Å². The highest BCUT2D eigenvalue weighted by molar-refractivity contribution is 5.90. The number of hydrogen-bond donors (Lipinski definition) is 0. The van der Waals surface area contributed by atoms with Crippen LogP contribution in [0.2, 0.25) is 0 Å². The van der Waals surface area contributed by atoms with Gasteiger partial charge in [-0.15, -0.1) is 0 Å². The summed E-state index contributed by atoms with van der Waals surface area (Å²) in [6.45, 7) is 0. The second-order valence-electron chi connectivity index (χ2n) is 6.05. The molecule has 4 rings (SSSR count). The molecular weight excluding hydrogens is 336 g/mol. The maximum atomic E-state index is 12.7. The SMILES string of the molecule is COc1ccccc1/C=C/c1nn(-c2ccccc2)c2c(=O)ccccc12. The third-order valence-electron chi connectivity index (χ3n) is 4.37. The molecule has 0 N–H and O–H groups in total. The zero-order valence-electron chi connectivity index (χ0n) is 14.9. The molecule has 0 bridgehead atoms. The van der Waals surface area contributed by atoms with Crippen molar-refractivity contribution in [3.05, 3.63) is 100 Å². The van der Waals surface area contributed by atoms with Crippen molar-refractivity contribution in [3.63, 3.8) is 0 Å². The van der Waals surface area contributed by atoms with Crippen molar-refractivity contribution in [2.24, 2.45) is 0 Å². The van der Waals surface area contributed by atoms with Gasteiger partial charge in [0.1, 0.15) is 11.3 Å². The number of fused-ring (bicyclic) bond motifs is 1.